The average molecular weight is 277 g/mol. The number of halogens is 3. The van der Waals surface area contributed by atoms with E-state index in [1.807, 2.05) is 0 Å². The van der Waals surface area contributed by atoms with E-state index in [4.69, 9.17) is 0 Å². The molecule has 0 spiro atoms. The van der Waals surface area contributed by atoms with Crippen molar-refractivity contribution in [3.63, 3.8) is 0 Å². The molecule has 0 heterocycles. The van der Waals surface area contributed by atoms with E-state index in [0.717, 1.165) is 18.9 Å². The van der Waals surface area contributed by atoms with Crippen molar-refractivity contribution in [1.29, 1.82) is 0 Å². The lowest BCUT2D eigenvalue weighted by molar-refractivity contribution is 0.150. The van der Waals surface area contributed by atoms with Gasteiger partial charge in [0.25, 0.3) is 0 Å². The molecule has 1 aliphatic carbocycles. The zero-order chi connectivity index (χ0) is 11.2. The first kappa shape index (κ1) is 11.0. The van der Waals surface area contributed by atoms with Crippen LogP contribution in [-0.2, 0) is 5.41 Å². The van der Waals surface area contributed by atoms with E-state index in [1.165, 1.54) is 6.07 Å². The van der Waals surface area contributed by atoms with Crippen LogP contribution in [0.4, 0.5) is 8.78 Å². The molecular formula is C11H11BrF2O. The van der Waals surface area contributed by atoms with E-state index in [1.54, 1.807) is 6.92 Å². The van der Waals surface area contributed by atoms with Crippen LogP contribution in [0.1, 0.15) is 25.3 Å². The summed E-state index contributed by atoms with van der Waals surface area (Å²) < 4.78 is 26.5. The molecule has 0 amide bonds. The third-order valence-corrected chi connectivity index (χ3v) is 3.79. The van der Waals surface area contributed by atoms with Crippen molar-refractivity contribution in [3.05, 3.63) is 33.8 Å². The van der Waals surface area contributed by atoms with Crippen molar-refractivity contribution in [2.45, 2.75) is 31.3 Å². The predicted octanol–water partition coefficient (Wildman–Crippen LogP) is 3.14. The van der Waals surface area contributed by atoms with Gasteiger partial charge in [0, 0.05) is 9.89 Å². The normalized spacial score (nSPS) is 20.1. The van der Waals surface area contributed by atoms with Gasteiger partial charge in [-0.1, -0.05) is 15.9 Å². The molecule has 0 saturated heterocycles. The number of hydrogen-bond donors (Lipinski definition) is 1. The predicted molar refractivity (Wildman–Crippen MR) is 56.7 cm³/mol. The van der Waals surface area contributed by atoms with Gasteiger partial charge in [-0.3, -0.25) is 0 Å². The largest absolute Gasteiger partial charge is 0.392 e. The van der Waals surface area contributed by atoms with Crippen LogP contribution in [0.25, 0.3) is 0 Å². The van der Waals surface area contributed by atoms with Gasteiger partial charge in [-0.2, -0.15) is 0 Å². The fourth-order valence-electron chi connectivity index (χ4n) is 1.95. The third kappa shape index (κ3) is 1.70. The zero-order valence-corrected chi connectivity index (χ0v) is 9.81. The van der Waals surface area contributed by atoms with E-state index in [2.05, 4.69) is 15.9 Å². The second kappa shape index (κ2) is 3.52. The molecule has 82 valence electrons. The Labute approximate surface area is 95.2 Å². The van der Waals surface area contributed by atoms with Crippen molar-refractivity contribution >= 4 is 15.9 Å². The molecule has 0 aromatic heterocycles. The summed E-state index contributed by atoms with van der Waals surface area (Å²) in [4.78, 5) is 0. The van der Waals surface area contributed by atoms with Crippen LogP contribution in [0, 0.1) is 11.6 Å². The molecular weight excluding hydrogens is 266 g/mol. The lowest BCUT2D eigenvalue weighted by atomic mass is 9.91. The highest BCUT2D eigenvalue weighted by atomic mass is 79.9. The standard InChI is InChI=1S/C11H11BrF2O/c1-6(15)11(2-3-11)7-4-9(13)10(14)5-8(7)12/h4-6,15H,2-3H2,1H3. The zero-order valence-electron chi connectivity index (χ0n) is 8.23. The van der Waals surface area contributed by atoms with Gasteiger partial charge in [0.2, 0.25) is 0 Å². The van der Waals surface area contributed by atoms with E-state index < -0.39 is 17.7 Å². The second-order valence-corrected chi connectivity index (χ2v) is 4.93. The Morgan fingerprint density at radius 2 is 1.87 bits per heavy atom. The van der Waals surface area contributed by atoms with Crippen molar-refractivity contribution < 1.29 is 13.9 Å². The van der Waals surface area contributed by atoms with Crippen molar-refractivity contribution in [1.82, 2.24) is 0 Å². The molecule has 2 rings (SSSR count). The molecule has 1 aliphatic rings. The summed E-state index contributed by atoms with van der Waals surface area (Å²) in [6.45, 7) is 1.68. The molecule has 4 heteroatoms. The lowest BCUT2D eigenvalue weighted by Gasteiger charge is -2.20. The van der Waals surface area contributed by atoms with Crippen molar-refractivity contribution in [3.8, 4) is 0 Å². The number of benzene rings is 1. The quantitative estimate of drug-likeness (QED) is 0.823. The average Bonchev–Trinajstić information content (AvgIpc) is 2.92. The molecule has 0 bridgehead atoms. The van der Waals surface area contributed by atoms with Gasteiger partial charge in [0.05, 0.1) is 6.10 Å². The fraction of sp³-hybridized carbons (Fsp3) is 0.455. The molecule has 0 radical (unpaired) electrons. The summed E-state index contributed by atoms with van der Waals surface area (Å²) in [6, 6.07) is 2.30. The van der Waals surface area contributed by atoms with E-state index in [-0.39, 0.29) is 5.41 Å². The molecule has 1 N–H and O–H groups in total. The van der Waals surface area contributed by atoms with Crippen LogP contribution in [0.5, 0.6) is 0 Å². The van der Waals surface area contributed by atoms with E-state index in [9.17, 15) is 13.9 Å². The molecule has 15 heavy (non-hydrogen) atoms. The topological polar surface area (TPSA) is 20.2 Å². The second-order valence-electron chi connectivity index (χ2n) is 4.08. The van der Waals surface area contributed by atoms with Gasteiger partial charge >= 0.3 is 0 Å². The van der Waals surface area contributed by atoms with Gasteiger partial charge in [-0.15, -0.1) is 0 Å². The van der Waals surface area contributed by atoms with Crippen LogP contribution in [0.15, 0.2) is 16.6 Å². The maximum Gasteiger partial charge on any atom is 0.159 e. The first-order chi connectivity index (χ1) is 6.97. The van der Waals surface area contributed by atoms with Gasteiger partial charge < -0.3 is 5.11 Å². The van der Waals surface area contributed by atoms with Crippen LogP contribution in [0.2, 0.25) is 0 Å². The first-order valence-electron chi connectivity index (χ1n) is 4.80. The molecule has 0 aliphatic heterocycles. The Balaban J connectivity index is 2.49. The van der Waals surface area contributed by atoms with Gasteiger partial charge in [-0.25, -0.2) is 8.78 Å². The highest BCUT2D eigenvalue weighted by molar-refractivity contribution is 9.10. The van der Waals surface area contributed by atoms with Gasteiger partial charge in [-0.05, 0) is 37.5 Å². The maximum absolute atomic E-state index is 13.1. The Kier molecular flexibility index (Phi) is 2.59. The van der Waals surface area contributed by atoms with E-state index in [0.29, 0.717) is 10.0 Å². The molecule has 1 nitrogen and oxygen atoms in total. The highest BCUT2D eigenvalue weighted by Crippen LogP contribution is 2.53. The summed E-state index contributed by atoms with van der Waals surface area (Å²) in [5, 5.41) is 9.64. The first-order valence-corrected chi connectivity index (χ1v) is 5.60. The van der Waals surface area contributed by atoms with Gasteiger partial charge in [0.1, 0.15) is 0 Å². The van der Waals surface area contributed by atoms with Crippen LogP contribution in [-0.4, -0.2) is 11.2 Å². The smallest absolute Gasteiger partial charge is 0.159 e. The monoisotopic (exact) mass is 276 g/mol. The molecule has 1 aromatic carbocycles. The molecule has 1 saturated carbocycles. The molecule has 1 aromatic rings. The summed E-state index contributed by atoms with van der Waals surface area (Å²) in [5.41, 5.74) is 0.282. The minimum Gasteiger partial charge on any atom is -0.392 e. The minimum atomic E-state index is -0.869. The van der Waals surface area contributed by atoms with Crippen molar-refractivity contribution in [2.24, 2.45) is 0 Å². The highest BCUT2D eigenvalue weighted by Gasteiger charge is 2.49. The number of aliphatic hydroxyl groups excluding tert-OH is 1. The van der Waals surface area contributed by atoms with Crippen LogP contribution in [0.3, 0.4) is 0 Å². The van der Waals surface area contributed by atoms with E-state index >= 15 is 0 Å². The van der Waals surface area contributed by atoms with Crippen LogP contribution >= 0.6 is 15.9 Å². The van der Waals surface area contributed by atoms with Crippen LogP contribution < -0.4 is 0 Å². The Bertz CT molecular complexity index is 400. The molecule has 1 atom stereocenters. The third-order valence-electron chi connectivity index (χ3n) is 3.13. The summed E-state index contributed by atoms with van der Waals surface area (Å²) in [5.74, 6) is -1.73. The number of rotatable bonds is 2. The molecule has 1 fully saturated rings. The minimum absolute atomic E-state index is 0.382. The Morgan fingerprint density at radius 3 is 2.33 bits per heavy atom. The summed E-state index contributed by atoms with van der Waals surface area (Å²) in [7, 11) is 0. The summed E-state index contributed by atoms with van der Waals surface area (Å²) >= 11 is 3.21. The Hall–Kier alpha value is -0.480. The van der Waals surface area contributed by atoms with Gasteiger partial charge in [0.15, 0.2) is 11.6 Å². The lowest BCUT2D eigenvalue weighted by Crippen LogP contribution is -2.23. The molecule has 1 unspecified atom stereocenters. The summed E-state index contributed by atoms with van der Waals surface area (Å²) in [6.07, 6.45) is 1.08. The number of aliphatic hydroxyl groups is 1. The SMILES string of the molecule is CC(O)C1(c2cc(F)c(F)cc2Br)CC1. The maximum atomic E-state index is 13.1. The fourth-order valence-corrected chi connectivity index (χ4v) is 2.66. The number of hydrogen-bond acceptors (Lipinski definition) is 1. The van der Waals surface area contributed by atoms with Crippen molar-refractivity contribution in [2.75, 3.05) is 0 Å². The Morgan fingerprint density at radius 1 is 1.33 bits per heavy atom.